The number of fused-ring (bicyclic) bond motifs is 1. The van der Waals surface area contributed by atoms with Crippen LogP contribution < -0.4 is 24.4 Å². The topological polar surface area (TPSA) is 61.4 Å². The molecular weight excluding hydrogens is 516 g/mol. The zero-order chi connectivity index (χ0) is 28.3. The van der Waals surface area contributed by atoms with Crippen molar-refractivity contribution in [2.75, 3.05) is 64.6 Å². The largest absolute Gasteiger partial charge is 0.493 e. The highest BCUT2D eigenvalue weighted by atomic mass is 16.5. The van der Waals surface area contributed by atoms with Crippen molar-refractivity contribution in [2.24, 2.45) is 0 Å². The second-order valence-corrected chi connectivity index (χ2v) is 10.9. The average molecular weight is 561 g/mol. The number of aryl methyl sites for hydroxylation is 1. The number of anilines is 1. The van der Waals surface area contributed by atoms with E-state index in [1.165, 1.54) is 16.7 Å². The van der Waals surface area contributed by atoms with E-state index in [4.69, 9.17) is 23.7 Å². The van der Waals surface area contributed by atoms with Gasteiger partial charge >= 0.3 is 0 Å². The zero-order valence-corrected chi connectivity index (χ0v) is 24.5. The van der Waals surface area contributed by atoms with Crippen LogP contribution in [0.3, 0.4) is 0 Å². The molecule has 0 aromatic heterocycles. The van der Waals surface area contributed by atoms with Gasteiger partial charge in [0.05, 0.1) is 38.2 Å². The van der Waals surface area contributed by atoms with E-state index in [0.717, 1.165) is 81.6 Å². The number of benzene rings is 3. The molecule has 0 spiro atoms. The Morgan fingerprint density at radius 2 is 1.78 bits per heavy atom. The summed E-state index contributed by atoms with van der Waals surface area (Å²) in [5.41, 5.74) is 4.83. The normalized spacial score (nSPS) is 18.4. The van der Waals surface area contributed by atoms with Gasteiger partial charge in [-0.1, -0.05) is 30.3 Å². The molecule has 1 unspecified atom stereocenters. The molecule has 2 atom stereocenters. The molecule has 3 aromatic rings. The van der Waals surface area contributed by atoms with E-state index in [1.54, 1.807) is 7.11 Å². The molecule has 0 amide bonds. The molecule has 7 nitrogen and oxygen atoms in total. The van der Waals surface area contributed by atoms with Crippen molar-refractivity contribution in [3.63, 3.8) is 0 Å². The maximum atomic E-state index is 6.54. The molecule has 1 saturated heterocycles. The highest BCUT2D eigenvalue weighted by Crippen LogP contribution is 2.34. The van der Waals surface area contributed by atoms with Gasteiger partial charge in [0.25, 0.3) is 0 Å². The van der Waals surface area contributed by atoms with Gasteiger partial charge in [0.15, 0.2) is 0 Å². The lowest BCUT2D eigenvalue weighted by Gasteiger charge is -2.33. The summed E-state index contributed by atoms with van der Waals surface area (Å²) in [6, 6.07) is 23.1. The number of hydrogen-bond donors (Lipinski definition) is 1. The average Bonchev–Trinajstić information content (AvgIpc) is 3.01. The second-order valence-electron chi connectivity index (χ2n) is 10.9. The number of piperidine rings is 1. The minimum Gasteiger partial charge on any atom is -0.493 e. The van der Waals surface area contributed by atoms with Gasteiger partial charge in [0.2, 0.25) is 0 Å². The van der Waals surface area contributed by atoms with Crippen LogP contribution in [0.15, 0.2) is 66.7 Å². The number of hydrogen-bond acceptors (Lipinski definition) is 7. The molecule has 0 radical (unpaired) electrons. The molecule has 3 aromatic carbocycles. The van der Waals surface area contributed by atoms with E-state index in [9.17, 15) is 0 Å². The van der Waals surface area contributed by atoms with Crippen molar-refractivity contribution >= 4 is 5.69 Å². The molecule has 5 rings (SSSR count). The van der Waals surface area contributed by atoms with Crippen molar-refractivity contribution in [1.82, 2.24) is 5.32 Å². The first kappa shape index (κ1) is 29.2. The maximum Gasteiger partial charge on any atom is 0.142 e. The van der Waals surface area contributed by atoms with E-state index in [0.29, 0.717) is 25.7 Å². The number of methoxy groups -OCH3 is 1. The highest BCUT2D eigenvalue weighted by molar-refractivity contribution is 5.61. The van der Waals surface area contributed by atoms with Crippen LogP contribution in [0.25, 0.3) is 0 Å². The predicted octanol–water partition coefficient (Wildman–Crippen LogP) is 5.74. The summed E-state index contributed by atoms with van der Waals surface area (Å²) in [6.45, 7) is 9.10. The highest BCUT2D eigenvalue weighted by Gasteiger charge is 2.27. The number of nitrogens with one attached hydrogen (secondary N) is 1. The lowest BCUT2D eigenvalue weighted by Crippen LogP contribution is -2.41. The van der Waals surface area contributed by atoms with Gasteiger partial charge in [-0.2, -0.15) is 0 Å². The van der Waals surface area contributed by atoms with Crippen molar-refractivity contribution < 1.29 is 23.7 Å². The lowest BCUT2D eigenvalue weighted by molar-refractivity contribution is 0.0106. The molecular formula is C34H44N2O5. The Kier molecular flexibility index (Phi) is 10.8. The zero-order valence-electron chi connectivity index (χ0n) is 24.5. The Bertz CT molecular complexity index is 1220. The van der Waals surface area contributed by atoms with Crippen LogP contribution in [0.4, 0.5) is 5.69 Å². The summed E-state index contributed by atoms with van der Waals surface area (Å²) in [6.07, 6.45) is 2.99. The fraction of sp³-hybridized carbons (Fsp3) is 0.471. The molecule has 2 heterocycles. The molecule has 2 aliphatic heterocycles. The van der Waals surface area contributed by atoms with Crippen LogP contribution in [-0.4, -0.2) is 65.8 Å². The van der Waals surface area contributed by atoms with Crippen LogP contribution in [0.2, 0.25) is 0 Å². The van der Waals surface area contributed by atoms with E-state index in [1.807, 2.05) is 12.1 Å². The minimum atomic E-state index is 0.111. The SMILES string of the molecule is COCCCN1CCOc2ccc(COC3CNCC[C@@H]3c3ccc(OCCCOc4cccc(C)c4)cc3)cc21. The first-order valence-electron chi connectivity index (χ1n) is 14.9. The fourth-order valence-corrected chi connectivity index (χ4v) is 5.59. The predicted molar refractivity (Wildman–Crippen MR) is 163 cm³/mol. The molecule has 1 fully saturated rings. The van der Waals surface area contributed by atoms with Crippen molar-refractivity contribution in [1.29, 1.82) is 0 Å². The molecule has 0 aliphatic carbocycles. The molecule has 220 valence electrons. The summed E-state index contributed by atoms with van der Waals surface area (Å²) in [7, 11) is 1.75. The van der Waals surface area contributed by atoms with Gasteiger partial charge in [-0.05, 0) is 79.4 Å². The Balaban J connectivity index is 1.11. The van der Waals surface area contributed by atoms with E-state index in [2.05, 4.69) is 71.7 Å². The van der Waals surface area contributed by atoms with E-state index < -0.39 is 0 Å². The third kappa shape index (κ3) is 8.38. The van der Waals surface area contributed by atoms with Crippen LogP contribution in [0, 0.1) is 6.92 Å². The molecule has 41 heavy (non-hydrogen) atoms. The van der Waals surface area contributed by atoms with E-state index in [-0.39, 0.29) is 6.10 Å². The summed E-state index contributed by atoms with van der Waals surface area (Å²) in [5.74, 6) is 3.10. The Labute approximate surface area is 244 Å². The van der Waals surface area contributed by atoms with Crippen molar-refractivity contribution in [2.45, 2.75) is 44.8 Å². The Morgan fingerprint density at radius 1 is 0.927 bits per heavy atom. The molecule has 0 saturated carbocycles. The lowest BCUT2D eigenvalue weighted by atomic mass is 9.87. The molecule has 2 aliphatic rings. The summed E-state index contributed by atoms with van der Waals surface area (Å²) >= 11 is 0. The quantitative estimate of drug-likeness (QED) is 0.252. The van der Waals surface area contributed by atoms with Crippen LogP contribution in [0.5, 0.6) is 17.2 Å². The standard InChI is InChI=1S/C34H44N2O5/c1-26-6-3-7-30(22-26)39-20-5-19-38-29-11-9-28(10-12-29)31-14-15-35-24-34(31)41-25-27-8-13-33-32(23-27)36(17-21-40-33)16-4-18-37-2/h3,6-13,22-23,31,34-35H,4-5,14-21,24-25H2,1-2H3/t31-,34?/m1/s1. The maximum absolute atomic E-state index is 6.54. The van der Waals surface area contributed by atoms with Gasteiger partial charge in [-0.25, -0.2) is 0 Å². The second kappa shape index (κ2) is 15.1. The van der Waals surface area contributed by atoms with Crippen LogP contribution in [0.1, 0.15) is 41.9 Å². The third-order valence-electron chi connectivity index (χ3n) is 7.77. The Morgan fingerprint density at radius 3 is 2.61 bits per heavy atom. The van der Waals surface area contributed by atoms with Gasteiger partial charge < -0.3 is 33.9 Å². The summed E-state index contributed by atoms with van der Waals surface area (Å²) < 4.78 is 29.5. The number of nitrogens with zero attached hydrogens (tertiary/aromatic N) is 1. The monoisotopic (exact) mass is 560 g/mol. The Hall–Kier alpha value is -3.26. The van der Waals surface area contributed by atoms with Gasteiger partial charge in [0.1, 0.15) is 23.9 Å². The summed E-state index contributed by atoms with van der Waals surface area (Å²) in [5, 5.41) is 3.52. The van der Waals surface area contributed by atoms with Crippen molar-refractivity contribution in [3.05, 3.63) is 83.4 Å². The number of ether oxygens (including phenoxy) is 5. The first-order chi connectivity index (χ1) is 20.2. The molecule has 7 heteroatoms. The minimum absolute atomic E-state index is 0.111. The first-order valence-corrected chi connectivity index (χ1v) is 14.9. The van der Waals surface area contributed by atoms with Crippen LogP contribution in [-0.2, 0) is 16.1 Å². The molecule has 1 N–H and O–H groups in total. The van der Waals surface area contributed by atoms with Gasteiger partial charge in [-0.3, -0.25) is 0 Å². The van der Waals surface area contributed by atoms with Gasteiger partial charge in [-0.15, -0.1) is 0 Å². The smallest absolute Gasteiger partial charge is 0.142 e. The van der Waals surface area contributed by atoms with Crippen molar-refractivity contribution in [3.8, 4) is 17.2 Å². The number of rotatable bonds is 14. The molecule has 0 bridgehead atoms. The third-order valence-corrected chi connectivity index (χ3v) is 7.77. The van der Waals surface area contributed by atoms with Gasteiger partial charge in [0, 0.05) is 39.1 Å². The fourth-order valence-electron chi connectivity index (χ4n) is 5.59. The van der Waals surface area contributed by atoms with E-state index >= 15 is 0 Å². The summed E-state index contributed by atoms with van der Waals surface area (Å²) in [4.78, 5) is 2.40. The van der Waals surface area contributed by atoms with Crippen LogP contribution >= 0.6 is 0 Å².